The van der Waals surface area contributed by atoms with Crippen LogP contribution >= 0.6 is 0 Å². The number of hydrogen-bond acceptors (Lipinski definition) is 3. The Bertz CT molecular complexity index is 1210. The lowest BCUT2D eigenvalue weighted by molar-refractivity contribution is 0.102. The van der Waals surface area contributed by atoms with Crippen molar-refractivity contribution in [1.29, 1.82) is 0 Å². The van der Waals surface area contributed by atoms with Crippen LogP contribution in [-0.2, 0) is 0 Å². The molecular weight excluding hydrogens is 376 g/mol. The number of nitrogens with one attached hydrogen (secondary N) is 2. The first-order valence-corrected chi connectivity index (χ1v) is 9.04. The molecule has 0 aliphatic carbocycles. The smallest absolute Gasteiger partial charge is 0.295 e. The fourth-order valence-corrected chi connectivity index (χ4v) is 3.32. The first kappa shape index (κ1) is 18.8. The van der Waals surface area contributed by atoms with Gasteiger partial charge in [0.25, 0.3) is 12.3 Å². The average molecular weight is 395 g/mol. The Balaban J connectivity index is 1.66. The molecule has 0 saturated heterocycles. The highest BCUT2D eigenvalue weighted by molar-refractivity contribution is 6.05. The quantitative estimate of drug-likeness (QED) is 0.518. The van der Waals surface area contributed by atoms with Crippen LogP contribution in [0, 0.1) is 20.8 Å². The SMILES string of the molecule is Cc1cc(C)cc(-n2nc(C)cc2NC(=O)c2ccc3nc(C(F)F)[nH]c3c2)c1. The minimum atomic E-state index is -2.70. The molecule has 2 heterocycles. The third-order valence-corrected chi connectivity index (χ3v) is 4.49. The molecule has 1 amide bonds. The zero-order valence-electron chi connectivity index (χ0n) is 16.1. The monoisotopic (exact) mass is 395 g/mol. The van der Waals surface area contributed by atoms with Gasteiger partial charge in [0.15, 0.2) is 5.82 Å². The molecular formula is C21H19F2N5O. The minimum absolute atomic E-state index is 0.327. The van der Waals surface area contributed by atoms with Gasteiger partial charge in [-0.3, -0.25) is 4.79 Å². The van der Waals surface area contributed by atoms with Crippen LogP contribution in [-0.4, -0.2) is 25.7 Å². The summed E-state index contributed by atoms with van der Waals surface area (Å²) in [6.45, 7) is 5.84. The van der Waals surface area contributed by atoms with Gasteiger partial charge in [0.2, 0.25) is 0 Å². The van der Waals surface area contributed by atoms with E-state index >= 15 is 0 Å². The van der Waals surface area contributed by atoms with E-state index in [0.29, 0.717) is 22.4 Å². The van der Waals surface area contributed by atoms with Gasteiger partial charge in [-0.05, 0) is 62.2 Å². The molecule has 148 valence electrons. The van der Waals surface area contributed by atoms with Crippen LogP contribution in [0.25, 0.3) is 16.7 Å². The van der Waals surface area contributed by atoms with E-state index in [-0.39, 0.29) is 5.91 Å². The van der Waals surface area contributed by atoms with E-state index in [1.807, 2.05) is 32.9 Å². The number of alkyl halides is 2. The summed E-state index contributed by atoms with van der Waals surface area (Å²) in [5.41, 5.74) is 4.86. The Kier molecular flexibility index (Phi) is 4.62. The summed E-state index contributed by atoms with van der Waals surface area (Å²) in [5, 5.41) is 7.34. The lowest BCUT2D eigenvalue weighted by Gasteiger charge is -2.10. The van der Waals surface area contributed by atoms with Crippen LogP contribution < -0.4 is 5.32 Å². The summed E-state index contributed by atoms with van der Waals surface area (Å²) < 4.78 is 27.3. The number of aromatic nitrogens is 4. The van der Waals surface area contributed by atoms with E-state index in [0.717, 1.165) is 22.5 Å². The molecule has 2 aromatic heterocycles. The van der Waals surface area contributed by atoms with E-state index in [1.54, 1.807) is 22.9 Å². The maximum Gasteiger partial charge on any atom is 0.295 e. The van der Waals surface area contributed by atoms with Crippen LogP contribution in [0.1, 0.15) is 39.4 Å². The number of nitrogens with zero attached hydrogens (tertiary/aromatic N) is 3. The molecule has 0 bridgehead atoms. The van der Waals surface area contributed by atoms with Gasteiger partial charge >= 0.3 is 0 Å². The van der Waals surface area contributed by atoms with Gasteiger partial charge in [-0.25, -0.2) is 18.4 Å². The summed E-state index contributed by atoms with van der Waals surface area (Å²) in [5.74, 6) is -0.262. The van der Waals surface area contributed by atoms with Crippen LogP contribution in [0.15, 0.2) is 42.5 Å². The predicted octanol–water partition coefficient (Wildman–Crippen LogP) is 4.86. The van der Waals surface area contributed by atoms with E-state index in [9.17, 15) is 13.6 Å². The molecule has 29 heavy (non-hydrogen) atoms. The molecule has 6 nitrogen and oxygen atoms in total. The molecule has 0 unspecified atom stereocenters. The number of hydrogen-bond donors (Lipinski definition) is 2. The molecule has 0 aliphatic rings. The van der Waals surface area contributed by atoms with E-state index < -0.39 is 12.2 Å². The number of imidazole rings is 1. The third-order valence-electron chi connectivity index (χ3n) is 4.49. The number of carbonyl (C=O) groups is 1. The molecule has 0 saturated carbocycles. The summed E-state index contributed by atoms with van der Waals surface area (Å²) in [6.07, 6.45) is -2.70. The fourth-order valence-electron chi connectivity index (χ4n) is 3.32. The highest BCUT2D eigenvalue weighted by Gasteiger charge is 2.16. The van der Waals surface area contributed by atoms with Crippen LogP contribution in [0.3, 0.4) is 0 Å². The number of benzene rings is 2. The summed E-state index contributed by atoms with van der Waals surface area (Å²) >= 11 is 0. The number of fused-ring (bicyclic) bond motifs is 1. The van der Waals surface area contributed by atoms with Crippen molar-refractivity contribution in [3.8, 4) is 5.69 Å². The van der Waals surface area contributed by atoms with Gasteiger partial charge in [-0.1, -0.05) is 6.07 Å². The number of anilines is 1. The van der Waals surface area contributed by atoms with Crippen molar-refractivity contribution in [3.05, 3.63) is 70.7 Å². The third kappa shape index (κ3) is 3.73. The van der Waals surface area contributed by atoms with E-state index in [2.05, 4.69) is 26.4 Å². The number of aromatic amines is 1. The molecule has 4 aromatic rings. The van der Waals surface area contributed by atoms with Crippen LogP contribution in [0.2, 0.25) is 0 Å². The molecule has 0 atom stereocenters. The van der Waals surface area contributed by atoms with Crippen molar-refractivity contribution < 1.29 is 13.6 Å². The van der Waals surface area contributed by atoms with E-state index in [4.69, 9.17) is 0 Å². The van der Waals surface area contributed by atoms with E-state index in [1.165, 1.54) is 6.07 Å². The van der Waals surface area contributed by atoms with Gasteiger partial charge in [-0.15, -0.1) is 0 Å². The van der Waals surface area contributed by atoms with Gasteiger partial charge in [0.05, 0.1) is 22.4 Å². The summed E-state index contributed by atoms with van der Waals surface area (Å²) in [7, 11) is 0. The zero-order valence-corrected chi connectivity index (χ0v) is 16.1. The topological polar surface area (TPSA) is 75.6 Å². The normalized spacial score (nSPS) is 11.4. The number of carbonyl (C=O) groups excluding carboxylic acids is 1. The molecule has 4 rings (SSSR count). The fraction of sp³-hybridized carbons (Fsp3) is 0.190. The number of rotatable bonds is 4. The van der Waals surface area contributed by atoms with Gasteiger partial charge < -0.3 is 10.3 Å². The lowest BCUT2D eigenvalue weighted by Crippen LogP contribution is -2.15. The van der Waals surface area contributed by atoms with Crippen molar-refractivity contribution >= 4 is 22.8 Å². The Hall–Kier alpha value is -3.55. The van der Waals surface area contributed by atoms with Gasteiger partial charge in [0, 0.05) is 11.6 Å². The second-order valence-electron chi connectivity index (χ2n) is 7.04. The Morgan fingerprint density at radius 3 is 2.48 bits per heavy atom. The number of H-pyrrole nitrogens is 1. The van der Waals surface area contributed by atoms with Gasteiger partial charge in [0.1, 0.15) is 5.82 Å². The van der Waals surface area contributed by atoms with Crippen molar-refractivity contribution in [2.45, 2.75) is 27.2 Å². The molecule has 2 N–H and O–H groups in total. The highest BCUT2D eigenvalue weighted by atomic mass is 19.3. The Morgan fingerprint density at radius 1 is 1.07 bits per heavy atom. The van der Waals surface area contributed by atoms with Gasteiger partial charge in [-0.2, -0.15) is 5.10 Å². The molecule has 0 spiro atoms. The molecule has 8 heteroatoms. The van der Waals surface area contributed by atoms with Crippen molar-refractivity contribution in [3.63, 3.8) is 0 Å². The Labute approximate surface area is 165 Å². The lowest BCUT2D eigenvalue weighted by atomic mass is 10.1. The maximum absolute atomic E-state index is 12.8. The van der Waals surface area contributed by atoms with Crippen LogP contribution in [0.5, 0.6) is 0 Å². The zero-order chi connectivity index (χ0) is 20.7. The summed E-state index contributed by atoms with van der Waals surface area (Å²) in [4.78, 5) is 19.2. The summed E-state index contributed by atoms with van der Waals surface area (Å²) in [6, 6.07) is 12.4. The standard InChI is InChI=1S/C21H19F2N5O/c1-11-6-12(2)8-15(7-11)28-18(9-13(3)27-28)26-21(29)14-4-5-16-17(10-14)25-20(24-16)19(22)23/h4-10,19H,1-3H3,(H,24,25)(H,26,29). The molecule has 0 radical (unpaired) electrons. The number of amides is 1. The minimum Gasteiger partial charge on any atom is -0.337 e. The first-order chi connectivity index (χ1) is 13.8. The van der Waals surface area contributed by atoms with Crippen molar-refractivity contribution in [2.24, 2.45) is 0 Å². The average Bonchev–Trinajstić information content (AvgIpc) is 3.23. The number of aryl methyl sites for hydroxylation is 3. The van der Waals surface area contributed by atoms with Crippen LogP contribution in [0.4, 0.5) is 14.6 Å². The predicted molar refractivity (Wildman–Crippen MR) is 107 cm³/mol. The first-order valence-electron chi connectivity index (χ1n) is 9.04. The second-order valence-corrected chi connectivity index (χ2v) is 7.04. The molecule has 0 fully saturated rings. The second kappa shape index (κ2) is 7.12. The highest BCUT2D eigenvalue weighted by Crippen LogP contribution is 2.23. The van der Waals surface area contributed by atoms with Crippen molar-refractivity contribution in [2.75, 3.05) is 5.32 Å². The number of halogens is 2. The Morgan fingerprint density at radius 2 is 1.79 bits per heavy atom. The van der Waals surface area contributed by atoms with Crippen molar-refractivity contribution in [1.82, 2.24) is 19.7 Å². The largest absolute Gasteiger partial charge is 0.337 e. The molecule has 2 aromatic carbocycles. The maximum atomic E-state index is 12.8. The molecule has 0 aliphatic heterocycles.